The molecule has 0 spiro atoms. The smallest absolute Gasteiger partial charge is 0.163 e. The van der Waals surface area contributed by atoms with E-state index in [9.17, 15) is 9.90 Å². The molecule has 0 atom stereocenters. The molecule has 0 amide bonds. The molecule has 4 heteroatoms. The first-order valence-electron chi connectivity index (χ1n) is 19.1. The third-order valence-corrected chi connectivity index (χ3v) is 10.6. The van der Waals surface area contributed by atoms with Crippen LogP contribution in [0.3, 0.4) is 0 Å². The molecule has 9 rings (SSSR count). The molecule has 1 aliphatic rings. The van der Waals surface area contributed by atoms with Crippen molar-refractivity contribution >= 4 is 16.7 Å². The van der Waals surface area contributed by atoms with Gasteiger partial charge in [0.25, 0.3) is 0 Å². The fourth-order valence-electron chi connectivity index (χ4n) is 7.71. The largest absolute Gasteiger partial charge is 0.512 e. The number of fused-ring (bicyclic) bond motifs is 4. The van der Waals surface area contributed by atoms with Crippen molar-refractivity contribution in [3.05, 3.63) is 222 Å². The number of allylic oxidation sites excluding steroid dienone is 2. The van der Waals surface area contributed by atoms with Crippen molar-refractivity contribution < 1.29 is 30.0 Å². The van der Waals surface area contributed by atoms with Crippen molar-refractivity contribution in [1.82, 2.24) is 4.98 Å². The van der Waals surface area contributed by atoms with E-state index in [4.69, 9.17) is 4.98 Å². The molecular weight excluding hydrogens is 875 g/mol. The number of carbonyl (C=O) groups is 1. The number of pyridine rings is 1. The van der Waals surface area contributed by atoms with Gasteiger partial charge in [0.1, 0.15) is 5.76 Å². The second-order valence-electron chi connectivity index (χ2n) is 14.8. The number of carbonyl (C=O) groups excluding carboxylic acids is 1. The number of ketones is 1. The summed E-state index contributed by atoms with van der Waals surface area (Å²) in [6.07, 6.45) is 2.03. The molecular formula is C53H42IrNO2-. The van der Waals surface area contributed by atoms with Crippen LogP contribution in [-0.4, -0.2) is 15.9 Å². The Morgan fingerprint density at radius 2 is 1.18 bits per heavy atom. The summed E-state index contributed by atoms with van der Waals surface area (Å²) in [5.41, 5.74) is 15.0. The molecule has 0 fully saturated rings. The van der Waals surface area contributed by atoms with E-state index < -0.39 is 0 Å². The van der Waals surface area contributed by atoms with Crippen molar-refractivity contribution in [2.24, 2.45) is 0 Å². The van der Waals surface area contributed by atoms with Gasteiger partial charge >= 0.3 is 0 Å². The van der Waals surface area contributed by atoms with Gasteiger partial charge in [0.15, 0.2) is 5.78 Å². The summed E-state index contributed by atoms with van der Waals surface area (Å²) in [5.74, 6) is 0.0202. The third-order valence-electron chi connectivity index (χ3n) is 10.6. The Kier molecular flexibility index (Phi) is 11.9. The molecule has 0 bridgehead atoms. The third kappa shape index (κ3) is 8.64. The molecule has 281 valence electrons. The summed E-state index contributed by atoms with van der Waals surface area (Å²) >= 11 is 0. The Morgan fingerprint density at radius 3 is 1.84 bits per heavy atom. The van der Waals surface area contributed by atoms with Crippen LogP contribution in [0.4, 0.5) is 0 Å². The van der Waals surface area contributed by atoms with Gasteiger partial charge in [-0.1, -0.05) is 183 Å². The van der Waals surface area contributed by atoms with E-state index in [1.54, 1.807) is 0 Å². The van der Waals surface area contributed by atoms with Gasteiger partial charge < -0.3 is 5.11 Å². The summed E-state index contributed by atoms with van der Waals surface area (Å²) < 4.78 is 0. The molecule has 1 heterocycles. The molecule has 1 N–H and O–H groups in total. The normalized spacial score (nSPS) is 12.4. The fraction of sp³-hybridized carbons (Fsp3) is 0.0943. The van der Waals surface area contributed by atoms with Crippen LogP contribution in [0.1, 0.15) is 36.1 Å². The second kappa shape index (κ2) is 17.3. The van der Waals surface area contributed by atoms with Gasteiger partial charge in [-0.2, -0.15) is 0 Å². The number of hydrogen-bond donors (Lipinski definition) is 1. The molecule has 0 saturated carbocycles. The van der Waals surface area contributed by atoms with E-state index in [0.717, 1.165) is 33.3 Å². The van der Waals surface area contributed by atoms with Crippen molar-refractivity contribution in [3.63, 3.8) is 0 Å². The number of rotatable bonds is 8. The molecule has 1 aliphatic carbocycles. The number of nitrogens with zero attached hydrogens (tertiary/aromatic N) is 1. The van der Waals surface area contributed by atoms with Crippen LogP contribution in [0.2, 0.25) is 0 Å². The second-order valence-corrected chi connectivity index (χ2v) is 14.8. The van der Waals surface area contributed by atoms with Crippen molar-refractivity contribution in [1.29, 1.82) is 0 Å². The van der Waals surface area contributed by atoms with E-state index in [-0.39, 0.29) is 37.1 Å². The minimum absolute atomic E-state index is 0. The first kappa shape index (κ1) is 39.1. The minimum Gasteiger partial charge on any atom is -0.512 e. The summed E-state index contributed by atoms with van der Waals surface area (Å²) in [6.45, 7) is 4.63. The fourth-order valence-corrected chi connectivity index (χ4v) is 7.71. The Bertz CT molecular complexity index is 2670. The van der Waals surface area contributed by atoms with Gasteiger partial charge in [0.2, 0.25) is 0 Å². The zero-order valence-corrected chi connectivity index (χ0v) is 34.3. The number of aliphatic hydroxyl groups is 1. The Morgan fingerprint density at radius 1 is 0.596 bits per heavy atom. The summed E-state index contributed by atoms with van der Waals surface area (Å²) in [4.78, 5) is 16.9. The topological polar surface area (TPSA) is 50.2 Å². The molecule has 8 aromatic rings. The maximum absolute atomic E-state index is 11.8. The summed E-state index contributed by atoms with van der Waals surface area (Å²) in [5, 5.41) is 10.9. The standard InChI is InChI=1S/C36H26N.C17H16O2.Ir/c1-36(2)32-16-10-9-15-28(32)29-19-17-27(22-33(29)36)35-23-30(25-13-7-4-8-14-25)31-21-26(18-20-34(31)37-35)24-11-5-3-6-12-24;18-16(11-14-7-3-1-4-8-14)13-17(19)12-15-9-5-2-6-10-15;/h3-16,18-23H,1-2H3;1-10,13,18H,11-12H2;/q-1;;/b;16-13-;. The molecule has 0 saturated heterocycles. The van der Waals surface area contributed by atoms with Crippen molar-refractivity contribution in [2.45, 2.75) is 32.1 Å². The van der Waals surface area contributed by atoms with Gasteiger partial charge in [-0.3, -0.25) is 9.78 Å². The predicted molar refractivity (Wildman–Crippen MR) is 230 cm³/mol. The first-order chi connectivity index (χ1) is 27.3. The van der Waals surface area contributed by atoms with E-state index >= 15 is 0 Å². The number of aliphatic hydroxyl groups excluding tert-OH is 1. The van der Waals surface area contributed by atoms with Crippen LogP contribution in [0.15, 0.2) is 194 Å². The molecule has 1 aromatic heterocycles. The zero-order valence-electron chi connectivity index (χ0n) is 31.9. The minimum atomic E-state index is -0.0837. The number of benzene rings is 7. The quantitative estimate of drug-likeness (QED) is 0.0939. The van der Waals surface area contributed by atoms with Crippen molar-refractivity contribution in [2.75, 3.05) is 0 Å². The molecule has 0 unspecified atom stereocenters. The molecule has 1 radical (unpaired) electrons. The number of aromatic nitrogens is 1. The van der Waals surface area contributed by atoms with Crippen LogP contribution in [-0.2, 0) is 43.2 Å². The van der Waals surface area contributed by atoms with Gasteiger partial charge in [0.05, 0.1) is 5.52 Å². The predicted octanol–water partition coefficient (Wildman–Crippen LogP) is 12.8. The van der Waals surface area contributed by atoms with E-state index in [1.165, 1.54) is 50.6 Å². The van der Waals surface area contributed by atoms with Gasteiger partial charge in [-0.05, 0) is 62.2 Å². The Labute approximate surface area is 348 Å². The van der Waals surface area contributed by atoms with Gasteiger partial charge in [-0.15, -0.1) is 29.3 Å². The first-order valence-corrected chi connectivity index (χ1v) is 19.1. The van der Waals surface area contributed by atoms with Crippen LogP contribution in [0.25, 0.3) is 55.5 Å². The Balaban J connectivity index is 0.000000211. The SMILES string of the molecule is CC1(C)c2ccccc2-c2c[c-]c(-c3cc(-c4ccccc4)c4cc(-c5ccccc5)ccc4n3)cc21.O=C(/C=C(\O)Cc1ccccc1)Cc1ccccc1.[Ir]. The van der Waals surface area contributed by atoms with Crippen molar-refractivity contribution in [3.8, 4) is 44.6 Å². The maximum Gasteiger partial charge on any atom is 0.163 e. The van der Waals surface area contributed by atoms with E-state index in [0.29, 0.717) is 12.8 Å². The van der Waals surface area contributed by atoms with Crippen LogP contribution in [0.5, 0.6) is 0 Å². The average Bonchev–Trinajstić information content (AvgIpc) is 3.47. The molecule has 57 heavy (non-hydrogen) atoms. The molecule has 7 aromatic carbocycles. The molecule has 0 aliphatic heterocycles. The monoisotopic (exact) mass is 917 g/mol. The zero-order chi connectivity index (χ0) is 38.5. The van der Waals surface area contributed by atoms with Gasteiger partial charge in [0, 0.05) is 44.4 Å². The van der Waals surface area contributed by atoms with Crippen LogP contribution < -0.4 is 0 Å². The maximum atomic E-state index is 11.8. The van der Waals surface area contributed by atoms with Crippen LogP contribution >= 0.6 is 0 Å². The summed E-state index contributed by atoms with van der Waals surface area (Å²) in [6, 6.07) is 65.9. The Hall–Kier alpha value is -6.19. The van der Waals surface area contributed by atoms with Gasteiger partial charge in [-0.25, -0.2) is 0 Å². The molecule has 3 nitrogen and oxygen atoms in total. The average molecular weight is 917 g/mol. The van der Waals surface area contributed by atoms with Crippen LogP contribution in [0, 0.1) is 6.07 Å². The number of hydrogen-bond acceptors (Lipinski definition) is 3. The van der Waals surface area contributed by atoms with E-state index in [2.05, 4.69) is 141 Å². The van der Waals surface area contributed by atoms with E-state index in [1.807, 2.05) is 60.7 Å². The summed E-state index contributed by atoms with van der Waals surface area (Å²) in [7, 11) is 0.